The highest BCUT2D eigenvalue weighted by atomic mass is 16.4. The Morgan fingerprint density at radius 3 is 1.87 bits per heavy atom. The maximum absolute atomic E-state index is 12.3. The van der Waals surface area contributed by atoms with Gasteiger partial charge in [0.2, 0.25) is 5.91 Å². The van der Waals surface area contributed by atoms with Gasteiger partial charge in [-0.2, -0.15) is 0 Å². The van der Waals surface area contributed by atoms with Gasteiger partial charge in [0.15, 0.2) is 0 Å². The Balaban J connectivity index is 1.96. The van der Waals surface area contributed by atoms with Gasteiger partial charge in [-0.05, 0) is 17.5 Å². The van der Waals surface area contributed by atoms with Crippen LogP contribution in [0.1, 0.15) is 18.1 Å². The first-order chi connectivity index (χ1) is 11.1. The smallest absolute Gasteiger partial charge is 0.326 e. The first-order valence-corrected chi connectivity index (χ1v) is 7.67. The Morgan fingerprint density at radius 2 is 1.39 bits per heavy atom. The molecule has 0 aliphatic heterocycles. The summed E-state index contributed by atoms with van der Waals surface area (Å²) < 4.78 is 0. The summed E-state index contributed by atoms with van der Waals surface area (Å²) >= 11 is 0. The quantitative estimate of drug-likeness (QED) is 0.826. The van der Waals surface area contributed by atoms with Crippen molar-refractivity contribution in [2.45, 2.75) is 25.8 Å². The molecule has 2 aromatic rings. The minimum atomic E-state index is -1.02. The molecule has 0 aliphatic rings. The Labute approximate surface area is 136 Å². The molecule has 0 aromatic heterocycles. The molecule has 0 aliphatic carbocycles. The zero-order valence-corrected chi connectivity index (χ0v) is 13.1. The number of carboxylic acids is 1. The second-order valence-corrected chi connectivity index (χ2v) is 5.68. The van der Waals surface area contributed by atoms with E-state index >= 15 is 0 Å². The first kappa shape index (κ1) is 16.7. The molecule has 120 valence electrons. The second kappa shape index (κ2) is 8.13. The third-order valence-electron chi connectivity index (χ3n) is 3.73. The van der Waals surface area contributed by atoms with E-state index in [4.69, 9.17) is 0 Å². The van der Waals surface area contributed by atoms with Crippen molar-refractivity contribution in [2.24, 2.45) is 5.92 Å². The predicted molar refractivity (Wildman–Crippen MR) is 89.0 cm³/mol. The summed E-state index contributed by atoms with van der Waals surface area (Å²) in [7, 11) is 0. The molecule has 0 saturated heterocycles. The van der Waals surface area contributed by atoms with E-state index in [0.29, 0.717) is 6.42 Å². The molecule has 2 N–H and O–H groups in total. The Hall–Kier alpha value is -2.62. The van der Waals surface area contributed by atoms with Gasteiger partial charge in [-0.3, -0.25) is 4.79 Å². The van der Waals surface area contributed by atoms with Crippen molar-refractivity contribution in [3.63, 3.8) is 0 Å². The van der Waals surface area contributed by atoms with Gasteiger partial charge in [0.1, 0.15) is 6.04 Å². The highest BCUT2D eigenvalue weighted by Crippen LogP contribution is 2.10. The lowest BCUT2D eigenvalue weighted by Gasteiger charge is -2.18. The van der Waals surface area contributed by atoms with Crippen LogP contribution in [0.25, 0.3) is 0 Å². The topological polar surface area (TPSA) is 66.4 Å². The molecule has 0 radical (unpaired) electrons. The molecule has 2 unspecified atom stereocenters. The summed E-state index contributed by atoms with van der Waals surface area (Å²) in [5.74, 6) is -1.54. The minimum absolute atomic E-state index is 0.239. The fourth-order valence-corrected chi connectivity index (χ4v) is 2.42. The highest BCUT2D eigenvalue weighted by Gasteiger charge is 2.23. The van der Waals surface area contributed by atoms with Crippen LogP contribution in [-0.4, -0.2) is 23.0 Å². The maximum Gasteiger partial charge on any atom is 0.326 e. The molecular formula is C19H21NO3. The van der Waals surface area contributed by atoms with E-state index in [1.54, 1.807) is 0 Å². The lowest BCUT2D eigenvalue weighted by Crippen LogP contribution is -2.44. The Kier molecular flexibility index (Phi) is 5.92. The summed E-state index contributed by atoms with van der Waals surface area (Å²) in [6, 6.07) is 18.1. The number of aliphatic carboxylic acids is 1. The third kappa shape index (κ3) is 5.25. The van der Waals surface area contributed by atoms with Crippen LogP contribution >= 0.6 is 0 Å². The molecule has 2 atom stereocenters. The number of carboxylic acid groups (broad SMARTS) is 1. The maximum atomic E-state index is 12.3. The number of nitrogens with one attached hydrogen (secondary N) is 1. The van der Waals surface area contributed by atoms with Crippen LogP contribution in [0.2, 0.25) is 0 Å². The minimum Gasteiger partial charge on any atom is -0.480 e. The fourth-order valence-electron chi connectivity index (χ4n) is 2.42. The van der Waals surface area contributed by atoms with Crippen LogP contribution in [0.4, 0.5) is 0 Å². The van der Waals surface area contributed by atoms with Crippen molar-refractivity contribution in [1.82, 2.24) is 5.32 Å². The average Bonchev–Trinajstić information content (AvgIpc) is 2.56. The number of benzene rings is 2. The molecule has 0 heterocycles. The number of hydrogen-bond donors (Lipinski definition) is 2. The monoisotopic (exact) mass is 311 g/mol. The second-order valence-electron chi connectivity index (χ2n) is 5.68. The van der Waals surface area contributed by atoms with E-state index < -0.39 is 12.0 Å². The van der Waals surface area contributed by atoms with Crippen molar-refractivity contribution in [2.75, 3.05) is 0 Å². The van der Waals surface area contributed by atoms with Gasteiger partial charge in [0.25, 0.3) is 0 Å². The van der Waals surface area contributed by atoms with Crippen molar-refractivity contribution < 1.29 is 14.7 Å². The van der Waals surface area contributed by atoms with Gasteiger partial charge >= 0.3 is 5.97 Å². The number of amides is 1. The molecular weight excluding hydrogens is 290 g/mol. The Bertz CT molecular complexity index is 640. The van der Waals surface area contributed by atoms with E-state index in [0.717, 1.165) is 11.1 Å². The van der Waals surface area contributed by atoms with Gasteiger partial charge in [-0.15, -0.1) is 0 Å². The molecule has 0 bridgehead atoms. The van der Waals surface area contributed by atoms with Gasteiger partial charge in [0, 0.05) is 12.3 Å². The van der Waals surface area contributed by atoms with Gasteiger partial charge in [-0.1, -0.05) is 67.6 Å². The van der Waals surface area contributed by atoms with Crippen molar-refractivity contribution in [1.29, 1.82) is 0 Å². The summed E-state index contributed by atoms with van der Waals surface area (Å²) in [5.41, 5.74) is 1.95. The zero-order chi connectivity index (χ0) is 16.7. The first-order valence-electron chi connectivity index (χ1n) is 7.67. The molecule has 2 aromatic carbocycles. The van der Waals surface area contributed by atoms with Crippen LogP contribution in [0, 0.1) is 5.92 Å². The number of carbonyl (C=O) groups is 2. The molecule has 0 fully saturated rings. The summed E-state index contributed by atoms with van der Waals surface area (Å²) in [4.78, 5) is 23.7. The van der Waals surface area contributed by atoms with Gasteiger partial charge in [-0.25, -0.2) is 4.79 Å². The Morgan fingerprint density at radius 1 is 0.913 bits per heavy atom. The van der Waals surface area contributed by atoms with E-state index in [1.807, 2.05) is 67.6 Å². The molecule has 4 nitrogen and oxygen atoms in total. The largest absolute Gasteiger partial charge is 0.480 e. The molecule has 1 amide bonds. The highest BCUT2D eigenvalue weighted by molar-refractivity contribution is 5.85. The zero-order valence-electron chi connectivity index (χ0n) is 13.1. The van der Waals surface area contributed by atoms with Gasteiger partial charge < -0.3 is 10.4 Å². The predicted octanol–water partition coefficient (Wildman–Crippen LogP) is 2.68. The van der Waals surface area contributed by atoms with Crippen LogP contribution in [0.15, 0.2) is 60.7 Å². The van der Waals surface area contributed by atoms with Crippen LogP contribution < -0.4 is 5.32 Å². The van der Waals surface area contributed by atoms with E-state index in [9.17, 15) is 14.7 Å². The normalized spacial score (nSPS) is 13.1. The lowest BCUT2D eigenvalue weighted by atomic mass is 9.99. The van der Waals surface area contributed by atoms with E-state index in [1.165, 1.54) is 0 Å². The standard InChI is InChI=1S/C19H21NO3/c1-14(12-15-8-4-2-5-9-15)18(21)20-17(19(22)23)13-16-10-6-3-7-11-16/h2-11,14,17H,12-13H2,1H3,(H,20,21)(H,22,23). The number of hydrogen-bond acceptors (Lipinski definition) is 2. The number of carbonyl (C=O) groups excluding carboxylic acids is 1. The lowest BCUT2D eigenvalue weighted by molar-refractivity contribution is -0.142. The molecule has 23 heavy (non-hydrogen) atoms. The van der Waals surface area contributed by atoms with E-state index in [2.05, 4.69) is 5.32 Å². The average molecular weight is 311 g/mol. The van der Waals surface area contributed by atoms with Crippen molar-refractivity contribution >= 4 is 11.9 Å². The molecule has 2 rings (SSSR count). The van der Waals surface area contributed by atoms with Crippen molar-refractivity contribution in [3.8, 4) is 0 Å². The van der Waals surface area contributed by atoms with Crippen LogP contribution in [0.3, 0.4) is 0 Å². The van der Waals surface area contributed by atoms with Crippen LogP contribution in [-0.2, 0) is 22.4 Å². The summed E-state index contributed by atoms with van der Waals surface area (Å²) in [5, 5.41) is 12.0. The molecule has 0 saturated carbocycles. The van der Waals surface area contributed by atoms with Crippen LogP contribution in [0.5, 0.6) is 0 Å². The SMILES string of the molecule is CC(Cc1ccccc1)C(=O)NC(Cc1ccccc1)C(=O)O. The summed E-state index contributed by atoms with van der Waals surface area (Å²) in [6.45, 7) is 1.81. The fraction of sp³-hybridized carbons (Fsp3) is 0.263. The van der Waals surface area contributed by atoms with Gasteiger partial charge in [0.05, 0.1) is 0 Å². The molecule has 0 spiro atoms. The molecule has 4 heteroatoms. The number of rotatable bonds is 7. The van der Waals surface area contributed by atoms with Crippen molar-refractivity contribution in [3.05, 3.63) is 71.8 Å². The van der Waals surface area contributed by atoms with E-state index in [-0.39, 0.29) is 18.2 Å². The summed E-state index contributed by atoms with van der Waals surface area (Å²) in [6.07, 6.45) is 0.865. The third-order valence-corrected chi connectivity index (χ3v) is 3.73.